The van der Waals surface area contributed by atoms with Crippen molar-refractivity contribution < 1.29 is 9.53 Å². The highest BCUT2D eigenvalue weighted by atomic mass is 127. The summed E-state index contributed by atoms with van der Waals surface area (Å²) in [6.45, 7) is 3.62. The Morgan fingerprint density at radius 1 is 1.12 bits per heavy atom. The summed E-state index contributed by atoms with van der Waals surface area (Å²) in [7, 11) is 3.52. The maximum atomic E-state index is 11.8. The molecule has 0 aromatic carbocycles. The number of hydrogen-bond donors (Lipinski definition) is 2. The predicted octanol–water partition coefficient (Wildman–Crippen LogP) is 2.62. The molecule has 1 unspecified atom stereocenters. The molecule has 6 nitrogen and oxygen atoms in total. The minimum Gasteiger partial charge on any atom is -0.381 e. The highest BCUT2D eigenvalue weighted by Gasteiger charge is 2.16. The summed E-state index contributed by atoms with van der Waals surface area (Å²) >= 11 is 0. The molecule has 1 saturated carbocycles. The number of nitrogens with zero attached hydrogens (tertiary/aromatic N) is 2. The molecule has 152 valence electrons. The number of carbonyl (C=O) groups excluding carboxylic acids is 1. The monoisotopic (exact) mass is 480 g/mol. The van der Waals surface area contributed by atoms with Crippen LogP contribution in [0.2, 0.25) is 0 Å². The van der Waals surface area contributed by atoms with Crippen molar-refractivity contribution in [3.8, 4) is 0 Å². The third-order valence-corrected chi connectivity index (χ3v) is 5.26. The van der Waals surface area contributed by atoms with Crippen LogP contribution in [0.4, 0.5) is 0 Å². The number of rotatable bonds is 9. The van der Waals surface area contributed by atoms with Crippen molar-refractivity contribution in [3.63, 3.8) is 0 Å². The summed E-state index contributed by atoms with van der Waals surface area (Å²) in [6.07, 6.45) is 10.6. The van der Waals surface area contributed by atoms with Gasteiger partial charge in [-0.15, -0.1) is 24.0 Å². The van der Waals surface area contributed by atoms with Crippen molar-refractivity contribution in [1.29, 1.82) is 0 Å². The molecule has 1 aliphatic carbocycles. The topological polar surface area (TPSA) is 66.0 Å². The van der Waals surface area contributed by atoms with Gasteiger partial charge in [0.1, 0.15) is 6.54 Å². The van der Waals surface area contributed by atoms with Crippen molar-refractivity contribution in [3.05, 3.63) is 0 Å². The average molecular weight is 480 g/mol. The van der Waals surface area contributed by atoms with Gasteiger partial charge in [-0.1, -0.05) is 38.5 Å². The van der Waals surface area contributed by atoms with E-state index in [0.29, 0.717) is 5.92 Å². The van der Waals surface area contributed by atoms with Gasteiger partial charge in [-0.2, -0.15) is 0 Å². The molecule has 26 heavy (non-hydrogen) atoms. The molecule has 1 heterocycles. The van der Waals surface area contributed by atoms with Crippen LogP contribution in [0.3, 0.4) is 0 Å². The van der Waals surface area contributed by atoms with Gasteiger partial charge in [-0.3, -0.25) is 4.79 Å². The van der Waals surface area contributed by atoms with E-state index in [2.05, 4.69) is 15.6 Å². The standard InChI is InChI=1S/C19H36N4O2.HI/c1-23(2)18(24)14-22-19(21-13-17-10-12-25-15-17)20-11-6-5-9-16-7-3-4-8-16;/h16-17H,3-15H2,1-2H3,(H2,20,21,22);1H. The SMILES string of the molecule is CN(C)C(=O)CN=C(NCCCCC1CCCC1)NCC1CCOC1.I. The van der Waals surface area contributed by atoms with Crippen molar-refractivity contribution >= 4 is 35.8 Å². The van der Waals surface area contributed by atoms with Gasteiger partial charge in [0.05, 0.1) is 6.61 Å². The molecule has 2 fully saturated rings. The molecule has 0 radical (unpaired) electrons. The quantitative estimate of drug-likeness (QED) is 0.231. The third kappa shape index (κ3) is 9.39. The molecular weight excluding hydrogens is 443 g/mol. The summed E-state index contributed by atoms with van der Waals surface area (Å²) in [5.41, 5.74) is 0. The number of amides is 1. The summed E-state index contributed by atoms with van der Waals surface area (Å²) in [6, 6.07) is 0. The van der Waals surface area contributed by atoms with E-state index in [1.165, 1.54) is 38.5 Å². The number of nitrogens with one attached hydrogen (secondary N) is 2. The molecule has 0 aromatic heterocycles. The number of likely N-dealkylation sites (N-methyl/N-ethyl adjacent to an activating group) is 1. The van der Waals surface area contributed by atoms with Crippen LogP contribution in [0.15, 0.2) is 4.99 Å². The van der Waals surface area contributed by atoms with Gasteiger partial charge in [0.25, 0.3) is 0 Å². The Kier molecular flexibility index (Phi) is 12.3. The molecule has 2 aliphatic rings. The van der Waals surface area contributed by atoms with Crippen LogP contribution in [0, 0.1) is 11.8 Å². The Hall–Kier alpha value is -0.570. The van der Waals surface area contributed by atoms with Gasteiger partial charge in [0, 0.05) is 39.7 Å². The Balaban J connectivity index is 0.00000338. The zero-order valence-corrected chi connectivity index (χ0v) is 18.8. The largest absolute Gasteiger partial charge is 0.381 e. The van der Waals surface area contributed by atoms with Gasteiger partial charge in [0.15, 0.2) is 5.96 Å². The number of hydrogen-bond acceptors (Lipinski definition) is 3. The molecule has 0 spiro atoms. The van der Waals surface area contributed by atoms with Crippen LogP contribution in [-0.2, 0) is 9.53 Å². The molecule has 1 saturated heterocycles. The van der Waals surface area contributed by atoms with Crippen molar-refractivity contribution in [2.24, 2.45) is 16.8 Å². The second-order valence-electron chi connectivity index (χ2n) is 7.64. The summed E-state index contributed by atoms with van der Waals surface area (Å²) in [5, 5.41) is 6.77. The average Bonchev–Trinajstić information content (AvgIpc) is 3.29. The number of guanidine groups is 1. The number of unbranched alkanes of at least 4 members (excludes halogenated alkanes) is 1. The highest BCUT2D eigenvalue weighted by Crippen LogP contribution is 2.28. The molecule has 1 atom stereocenters. The predicted molar refractivity (Wildman–Crippen MR) is 117 cm³/mol. The van der Waals surface area contributed by atoms with E-state index in [4.69, 9.17) is 4.74 Å². The summed E-state index contributed by atoms with van der Waals surface area (Å²) < 4.78 is 5.42. The van der Waals surface area contributed by atoms with Crippen LogP contribution < -0.4 is 10.6 Å². The second-order valence-corrected chi connectivity index (χ2v) is 7.64. The van der Waals surface area contributed by atoms with E-state index in [9.17, 15) is 4.79 Å². The third-order valence-electron chi connectivity index (χ3n) is 5.26. The zero-order valence-electron chi connectivity index (χ0n) is 16.5. The number of aliphatic imine (C=N–C) groups is 1. The van der Waals surface area contributed by atoms with Gasteiger partial charge in [-0.25, -0.2) is 4.99 Å². The Morgan fingerprint density at radius 3 is 2.54 bits per heavy atom. The number of carbonyl (C=O) groups is 1. The summed E-state index contributed by atoms with van der Waals surface area (Å²) in [5.74, 6) is 2.28. The van der Waals surface area contributed by atoms with E-state index < -0.39 is 0 Å². The second kappa shape index (κ2) is 13.6. The number of ether oxygens (including phenoxy) is 1. The van der Waals surface area contributed by atoms with Gasteiger partial charge in [0.2, 0.25) is 5.91 Å². The van der Waals surface area contributed by atoms with Crippen LogP contribution in [0.25, 0.3) is 0 Å². The van der Waals surface area contributed by atoms with Gasteiger partial charge in [-0.05, 0) is 18.8 Å². The normalized spacial score (nSPS) is 20.7. The van der Waals surface area contributed by atoms with Gasteiger partial charge >= 0.3 is 0 Å². The van der Waals surface area contributed by atoms with Gasteiger partial charge < -0.3 is 20.3 Å². The van der Waals surface area contributed by atoms with Crippen molar-refractivity contribution in [1.82, 2.24) is 15.5 Å². The molecule has 1 amide bonds. The van der Waals surface area contributed by atoms with E-state index >= 15 is 0 Å². The fourth-order valence-electron chi connectivity index (χ4n) is 3.51. The van der Waals surface area contributed by atoms with Crippen LogP contribution >= 0.6 is 24.0 Å². The number of halogens is 1. The molecule has 1 aliphatic heterocycles. The smallest absolute Gasteiger partial charge is 0.243 e. The van der Waals surface area contributed by atoms with Crippen LogP contribution in [0.1, 0.15) is 51.4 Å². The van der Waals surface area contributed by atoms with Crippen molar-refractivity contribution in [2.45, 2.75) is 51.4 Å². The Bertz CT molecular complexity index is 420. The highest BCUT2D eigenvalue weighted by molar-refractivity contribution is 14.0. The van der Waals surface area contributed by atoms with Crippen LogP contribution in [0.5, 0.6) is 0 Å². The lowest BCUT2D eigenvalue weighted by Gasteiger charge is -2.16. The van der Waals surface area contributed by atoms with E-state index in [1.54, 1.807) is 19.0 Å². The molecule has 0 aromatic rings. The lowest BCUT2D eigenvalue weighted by molar-refractivity contribution is -0.127. The zero-order chi connectivity index (χ0) is 17.9. The minimum absolute atomic E-state index is 0. The molecular formula is C19H37IN4O2. The molecule has 0 bridgehead atoms. The molecule has 2 rings (SSSR count). The molecule has 7 heteroatoms. The first-order valence-electron chi connectivity index (χ1n) is 9.95. The van der Waals surface area contributed by atoms with E-state index in [1.807, 2.05) is 0 Å². The molecule has 2 N–H and O–H groups in total. The Labute approximate surface area is 175 Å². The maximum absolute atomic E-state index is 11.8. The fourth-order valence-corrected chi connectivity index (χ4v) is 3.51. The van der Waals surface area contributed by atoms with E-state index in [0.717, 1.165) is 51.0 Å². The Morgan fingerprint density at radius 2 is 1.88 bits per heavy atom. The fraction of sp³-hybridized carbons (Fsp3) is 0.895. The minimum atomic E-state index is 0. The van der Waals surface area contributed by atoms with E-state index in [-0.39, 0.29) is 36.4 Å². The lowest BCUT2D eigenvalue weighted by atomic mass is 10.0. The first-order valence-corrected chi connectivity index (χ1v) is 9.95. The lowest BCUT2D eigenvalue weighted by Crippen LogP contribution is -2.41. The summed E-state index contributed by atoms with van der Waals surface area (Å²) in [4.78, 5) is 17.8. The van der Waals surface area contributed by atoms with Crippen LogP contribution in [-0.4, -0.2) is 63.7 Å². The maximum Gasteiger partial charge on any atom is 0.243 e. The van der Waals surface area contributed by atoms with Crippen molar-refractivity contribution in [2.75, 3.05) is 46.9 Å². The first-order chi connectivity index (χ1) is 12.1. The first kappa shape index (κ1) is 23.5.